The molecule has 1 atom stereocenters. The van der Waals surface area contributed by atoms with Crippen molar-refractivity contribution in [2.45, 2.75) is 20.0 Å². The topological polar surface area (TPSA) is 84.4 Å². The van der Waals surface area contributed by atoms with Crippen molar-refractivity contribution in [1.29, 1.82) is 0 Å². The van der Waals surface area contributed by atoms with Crippen molar-refractivity contribution in [2.75, 3.05) is 62.0 Å². The number of morpholine rings is 1. The number of rotatable bonds is 7. The van der Waals surface area contributed by atoms with Gasteiger partial charge in [0.15, 0.2) is 0 Å². The Balaban J connectivity index is 2.12. The zero-order chi connectivity index (χ0) is 15.1. The van der Waals surface area contributed by atoms with Gasteiger partial charge in [0.25, 0.3) is 0 Å². The van der Waals surface area contributed by atoms with Crippen molar-refractivity contribution in [1.82, 2.24) is 15.0 Å². The first-order valence-electron chi connectivity index (χ1n) is 7.32. The van der Waals surface area contributed by atoms with Crippen molar-refractivity contribution < 1.29 is 9.47 Å². The van der Waals surface area contributed by atoms with Crippen LogP contribution < -0.4 is 15.5 Å². The third-order valence-corrected chi connectivity index (χ3v) is 3.20. The van der Waals surface area contributed by atoms with Crippen LogP contribution in [0.15, 0.2) is 0 Å². The van der Waals surface area contributed by atoms with Crippen LogP contribution in [-0.4, -0.2) is 67.6 Å². The first-order valence-corrected chi connectivity index (χ1v) is 7.32. The van der Waals surface area contributed by atoms with Gasteiger partial charge in [-0.1, -0.05) is 0 Å². The maximum Gasteiger partial charge on any atom is 0.232 e. The van der Waals surface area contributed by atoms with E-state index in [1.54, 1.807) is 7.11 Å². The molecule has 118 valence electrons. The summed E-state index contributed by atoms with van der Waals surface area (Å²) in [6.07, 6.45) is 0.0937. The molecule has 0 aliphatic carbocycles. The normalized spacial score (nSPS) is 16.6. The quantitative estimate of drug-likeness (QED) is 0.756. The predicted molar refractivity (Wildman–Crippen MR) is 82.0 cm³/mol. The van der Waals surface area contributed by atoms with E-state index in [0.29, 0.717) is 37.6 Å². The number of ether oxygens (including phenoxy) is 2. The highest BCUT2D eigenvalue weighted by Gasteiger charge is 2.16. The molecule has 1 aliphatic heterocycles. The molecular weight excluding hydrogens is 272 g/mol. The summed E-state index contributed by atoms with van der Waals surface area (Å²) in [5.41, 5.74) is 0. The van der Waals surface area contributed by atoms with Crippen molar-refractivity contribution in [3.63, 3.8) is 0 Å². The number of methoxy groups -OCH3 is 1. The van der Waals surface area contributed by atoms with Gasteiger partial charge in [0.1, 0.15) is 0 Å². The Labute approximate surface area is 125 Å². The average Bonchev–Trinajstić information content (AvgIpc) is 2.53. The Kier molecular flexibility index (Phi) is 5.94. The minimum Gasteiger partial charge on any atom is -0.380 e. The molecule has 0 bridgehead atoms. The van der Waals surface area contributed by atoms with E-state index in [4.69, 9.17) is 9.47 Å². The van der Waals surface area contributed by atoms with Gasteiger partial charge in [-0.15, -0.1) is 0 Å². The highest BCUT2D eigenvalue weighted by molar-refractivity contribution is 5.44. The average molecular weight is 296 g/mol. The Bertz CT molecular complexity index is 439. The lowest BCUT2D eigenvalue weighted by Gasteiger charge is -2.27. The standard InChI is InChI=1S/C13H24N6O2/c1-4-14-11-16-12(15-9-10(2)20-3)18-13(17-11)19-5-7-21-8-6-19/h10H,4-9H2,1-3H3,(H2,14,15,16,17,18). The molecule has 8 heteroatoms. The molecule has 1 unspecified atom stereocenters. The zero-order valence-corrected chi connectivity index (χ0v) is 12.9. The molecule has 0 saturated carbocycles. The molecule has 0 aromatic carbocycles. The van der Waals surface area contributed by atoms with E-state index in [-0.39, 0.29) is 6.10 Å². The van der Waals surface area contributed by atoms with E-state index >= 15 is 0 Å². The molecule has 0 radical (unpaired) electrons. The zero-order valence-electron chi connectivity index (χ0n) is 12.9. The fraction of sp³-hybridized carbons (Fsp3) is 0.769. The van der Waals surface area contributed by atoms with Crippen molar-refractivity contribution in [3.8, 4) is 0 Å². The first-order chi connectivity index (χ1) is 10.2. The number of hydrogen-bond donors (Lipinski definition) is 2. The van der Waals surface area contributed by atoms with Gasteiger partial charge >= 0.3 is 0 Å². The minimum atomic E-state index is 0.0937. The number of aromatic nitrogens is 3. The molecule has 0 spiro atoms. The molecule has 21 heavy (non-hydrogen) atoms. The minimum absolute atomic E-state index is 0.0937. The van der Waals surface area contributed by atoms with E-state index in [9.17, 15) is 0 Å². The van der Waals surface area contributed by atoms with Crippen LogP contribution in [0.4, 0.5) is 17.8 Å². The maximum absolute atomic E-state index is 5.36. The third-order valence-electron chi connectivity index (χ3n) is 3.20. The summed E-state index contributed by atoms with van der Waals surface area (Å²) >= 11 is 0. The van der Waals surface area contributed by atoms with Crippen LogP contribution in [0.25, 0.3) is 0 Å². The highest BCUT2D eigenvalue weighted by atomic mass is 16.5. The molecule has 1 aromatic rings. The molecule has 1 saturated heterocycles. The van der Waals surface area contributed by atoms with Gasteiger partial charge in [-0.05, 0) is 13.8 Å². The van der Waals surface area contributed by atoms with Crippen LogP contribution in [-0.2, 0) is 9.47 Å². The largest absolute Gasteiger partial charge is 0.380 e. The third kappa shape index (κ3) is 4.68. The molecule has 2 rings (SSSR count). The molecule has 2 heterocycles. The molecular formula is C13H24N6O2. The molecule has 2 N–H and O–H groups in total. The van der Waals surface area contributed by atoms with Gasteiger partial charge < -0.3 is 25.0 Å². The number of nitrogens with one attached hydrogen (secondary N) is 2. The first kappa shape index (κ1) is 15.7. The Morgan fingerprint density at radius 3 is 2.48 bits per heavy atom. The molecule has 1 aromatic heterocycles. The lowest BCUT2D eigenvalue weighted by atomic mass is 10.4. The second-order valence-corrected chi connectivity index (χ2v) is 4.84. The monoisotopic (exact) mass is 296 g/mol. The summed E-state index contributed by atoms with van der Waals surface area (Å²) < 4.78 is 10.6. The fourth-order valence-corrected chi connectivity index (χ4v) is 1.90. The van der Waals surface area contributed by atoms with Gasteiger partial charge in [-0.3, -0.25) is 0 Å². The molecule has 1 fully saturated rings. The lowest BCUT2D eigenvalue weighted by molar-refractivity contribution is 0.122. The van der Waals surface area contributed by atoms with Crippen molar-refractivity contribution >= 4 is 17.8 Å². The summed E-state index contributed by atoms with van der Waals surface area (Å²) in [4.78, 5) is 15.4. The van der Waals surface area contributed by atoms with Crippen LogP contribution in [0, 0.1) is 0 Å². The second kappa shape index (κ2) is 7.94. The molecule has 0 amide bonds. The maximum atomic E-state index is 5.36. The van der Waals surface area contributed by atoms with Crippen LogP contribution in [0.1, 0.15) is 13.8 Å². The summed E-state index contributed by atoms with van der Waals surface area (Å²) in [6.45, 7) is 8.40. The van der Waals surface area contributed by atoms with E-state index in [1.165, 1.54) is 0 Å². The van der Waals surface area contributed by atoms with E-state index < -0.39 is 0 Å². The summed E-state index contributed by atoms with van der Waals surface area (Å²) in [5.74, 6) is 1.82. The number of nitrogens with zero attached hydrogens (tertiary/aromatic N) is 4. The Hall–Kier alpha value is -1.67. The van der Waals surface area contributed by atoms with E-state index in [1.807, 2.05) is 13.8 Å². The second-order valence-electron chi connectivity index (χ2n) is 4.84. The number of anilines is 3. The van der Waals surface area contributed by atoms with Crippen molar-refractivity contribution in [2.24, 2.45) is 0 Å². The smallest absolute Gasteiger partial charge is 0.232 e. The van der Waals surface area contributed by atoms with Crippen LogP contribution >= 0.6 is 0 Å². The summed E-state index contributed by atoms with van der Waals surface area (Å²) in [5, 5.41) is 6.33. The van der Waals surface area contributed by atoms with Gasteiger partial charge in [0.05, 0.1) is 19.3 Å². The van der Waals surface area contributed by atoms with E-state index in [2.05, 4.69) is 30.5 Å². The molecule has 8 nitrogen and oxygen atoms in total. The Morgan fingerprint density at radius 2 is 1.86 bits per heavy atom. The summed E-state index contributed by atoms with van der Waals surface area (Å²) in [6, 6.07) is 0. The van der Waals surface area contributed by atoms with Crippen molar-refractivity contribution in [3.05, 3.63) is 0 Å². The lowest BCUT2D eigenvalue weighted by Crippen LogP contribution is -2.37. The van der Waals surface area contributed by atoms with Gasteiger partial charge in [0, 0.05) is 33.3 Å². The Morgan fingerprint density at radius 1 is 1.19 bits per heavy atom. The van der Waals surface area contributed by atoms with Crippen LogP contribution in [0.3, 0.4) is 0 Å². The van der Waals surface area contributed by atoms with Gasteiger partial charge in [-0.25, -0.2) is 0 Å². The summed E-state index contributed by atoms with van der Waals surface area (Å²) in [7, 11) is 1.68. The number of hydrogen-bond acceptors (Lipinski definition) is 8. The predicted octanol–water partition coefficient (Wildman–Crippen LogP) is 0.587. The molecule has 1 aliphatic rings. The van der Waals surface area contributed by atoms with Crippen LogP contribution in [0.2, 0.25) is 0 Å². The SMILES string of the molecule is CCNc1nc(NCC(C)OC)nc(N2CCOCC2)n1. The fourth-order valence-electron chi connectivity index (χ4n) is 1.90. The van der Waals surface area contributed by atoms with E-state index in [0.717, 1.165) is 19.6 Å². The van der Waals surface area contributed by atoms with Gasteiger partial charge in [-0.2, -0.15) is 15.0 Å². The highest BCUT2D eigenvalue weighted by Crippen LogP contribution is 2.15. The van der Waals surface area contributed by atoms with Crippen LogP contribution in [0.5, 0.6) is 0 Å². The van der Waals surface area contributed by atoms with Gasteiger partial charge in [0.2, 0.25) is 17.8 Å².